The zero-order valence-corrected chi connectivity index (χ0v) is 9.01. The van der Waals surface area contributed by atoms with Gasteiger partial charge in [-0.3, -0.25) is 9.59 Å². The van der Waals surface area contributed by atoms with Crippen LogP contribution in [0.2, 0.25) is 0 Å². The monoisotopic (exact) mass is 236 g/mol. The molecule has 0 aliphatic rings. The predicted molar refractivity (Wildman–Crippen MR) is 58.8 cm³/mol. The molecular formula is C11H12N2O4. The lowest BCUT2D eigenvalue weighted by Crippen LogP contribution is -2.36. The molecule has 0 aliphatic carbocycles. The summed E-state index contributed by atoms with van der Waals surface area (Å²) in [5.41, 5.74) is 5.53. The van der Waals surface area contributed by atoms with Crippen LogP contribution in [0.3, 0.4) is 0 Å². The van der Waals surface area contributed by atoms with Crippen LogP contribution in [0, 0.1) is 0 Å². The van der Waals surface area contributed by atoms with Crippen LogP contribution in [-0.4, -0.2) is 24.3 Å². The highest BCUT2D eigenvalue weighted by Crippen LogP contribution is 2.00. The summed E-state index contributed by atoms with van der Waals surface area (Å²) in [7, 11) is 0. The third-order valence-electron chi connectivity index (χ3n) is 1.88. The van der Waals surface area contributed by atoms with Crippen molar-refractivity contribution in [1.82, 2.24) is 5.32 Å². The minimum Gasteiger partial charge on any atom is -0.445 e. The molecule has 0 unspecified atom stereocenters. The Morgan fingerprint density at radius 1 is 1.18 bits per heavy atom. The predicted octanol–water partition coefficient (Wildman–Crippen LogP) is -0.0328. The van der Waals surface area contributed by atoms with Gasteiger partial charge in [-0.25, -0.2) is 4.79 Å². The Morgan fingerprint density at radius 3 is 2.41 bits per heavy atom. The molecule has 0 spiro atoms. The summed E-state index contributed by atoms with van der Waals surface area (Å²) in [5.74, 6) is -1.96. The second kappa shape index (κ2) is 6.26. The van der Waals surface area contributed by atoms with Crippen molar-refractivity contribution in [2.75, 3.05) is 6.54 Å². The van der Waals surface area contributed by atoms with Crippen molar-refractivity contribution in [2.24, 2.45) is 5.73 Å². The number of hydrogen-bond donors (Lipinski definition) is 2. The number of nitrogens with one attached hydrogen (secondary N) is 1. The maximum absolute atomic E-state index is 11.1. The lowest BCUT2D eigenvalue weighted by Gasteiger charge is -2.05. The van der Waals surface area contributed by atoms with Gasteiger partial charge < -0.3 is 15.8 Å². The Balaban J connectivity index is 2.27. The molecule has 0 atom stereocenters. The molecule has 0 saturated heterocycles. The van der Waals surface area contributed by atoms with Gasteiger partial charge in [-0.05, 0) is 5.56 Å². The molecule has 6 heteroatoms. The standard InChI is InChI=1S/C11H12N2O4/c12-10(15)9(14)6-13-11(16)17-7-8-4-2-1-3-5-8/h1-5H,6-7H2,(H2,12,15)(H,13,16). The number of ether oxygens (including phenoxy) is 1. The van der Waals surface area contributed by atoms with Crippen LogP contribution in [0.5, 0.6) is 0 Å². The number of benzene rings is 1. The molecule has 0 fully saturated rings. The summed E-state index contributed by atoms with van der Waals surface area (Å²) in [6.45, 7) is -0.361. The molecule has 17 heavy (non-hydrogen) atoms. The Kier molecular flexibility index (Phi) is 4.68. The molecule has 1 rings (SSSR count). The number of nitrogens with two attached hydrogens (primary N) is 1. The Labute approximate surface area is 97.7 Å². The van der Waals surface area contributed by atoms with E-state index in [2.05, 4.69) is 5.32 Å². The first-order chi connectivity index (χ1) is 8.09. The zero-order chi connectivity index (χ0) is 12.7. The van der Waals surface area contributed by atoms with E-state index >= 15 is 0 Å². The molecule has 0 bridgehead atoms. The fourth-order valence-electron chi connectivity index (χ4n) is 1.01. The number of amides is 2. The normalized spacial score (nSPS) is 9.41. The van der Waals surface area contributed by atoms with Crippen molar-refractivity contribution < 1.29 is 19.1 Å². The van der Waals surface area contributed by atoms with Crippen LogP contribution in [-0.2, 0) is 20.9 Å². The number of hydrogen-bond acceptors (Lipinski definition) is 4. The summed E-state index contributed by atoms with van der Waals surface area (Å²) < 4.78 is 4.80. The smallest absolute Gasteiger partial charge is 0.407 e. The van der Waals surface area contributed by atoms with Gasteiger partial charge in [0.15, 0.2) is 0 Å². The molecule has 2 amide bonds. The molecule has 0 aliphatic heterocycles. The summed E-state index contributed by atoms with van der Waals surface area (Å²) >= 11 is 0. The maximum atomic E-state index is 11.1. The van der Waals surface area contributed by atoms with Gasteiger partial charge in [0, 0.05) is 0 Å². The second-order valence-electron chi connectivity index (χ2n) is 3.20. The number of ketones is 1. The van der Waals surface area contributed by atoms with E-state index < -0.39 is 24.3 Å². The highest BCUT2D eigenvalue weighted by atomic mass is 16.5. The van der Waals surface area contributed by atoms with Crippen LogP contribution in [0.1, 0.15) is 5.56 Å². The molecule has 0 saturated carbocycles. The Morgan fingerprint density at radius 2 is 1.82 bits per heavy atom. The molecular weight excluding hydrogens is 224 g/mol. The van der Waals surface area contributed by atoms with E-state index in [0.29, 0.717) is 0 Å². The number of primary amides is 1. The van der Waals surface area contributed by atoms with Crippen LogP contribution in [0.25, 0.3) is 0 Å². The molecule has 0 radical (unpaired) electrons. The zero-order valence-electron chi connectivity index (χ0n) is 9.01. The summed E-state index contributed by atoms with van der Waals surface area (Å²) in [6, 6.07) is 9.05. The first-order valence-electron chi connectivity index (χ1n) is 4.87. The average molecular weight is 236 g/mol. The molecule has 1 aromatic rings. The lowest BCUT2D eigenvalue weighted by atomic mass is 10.2. The van der Waals surface area contributed by atoms with Crippen LogP contribution < -0.4 is 11.1 Å². The van der Waals surface area contributed by atoms with E-state index in [0.717, 1.165) is 5.56 Å². The number of carbonyl (C=O) groups is 3. The van der Waals surface area contributed by atoms with E-state index in [9.17, 15) is 14.4 Å². The quantitative estimate of drug-likeness (QED) is 0.701. The topological polar surface area (TPSA) is 98.5 Å². The van der Waals surface area contributed by atoms with E-state index in [-0.39, 0.29) is 6.61 Å². The number of alkyl carbamates (subject to hydrolysis) is 1. The van der Waals surface area contributed by atoms with Crippen LogP contribution in [0.4, 0.5) is 4.79 Å². The molecule has 90 valence electrons. The molecule has 3 N–H and O–H groups in total. The van der Waals surface area contributed by atoms with Gasteiger partial charge in [-0.2, -0.15) is 0 Å². The van der Waals surface area contributed by atoms with Gasteiger partial charge in [0.05, 0.1) is 6.54 Å². The third kappa shape index (κ3) is 4.78. The largest absolute Gasteiger partial charge is 0.445 e. The number of Topliss-reactive ketones (excluding diaryl/α,β-unsaturated/α-hetero) is 1. The SMILES string of the molecule is NC(=O)C(=O)CNC(=O)OCc1ccccc1. The number of carbonyl (C=O) groups excluding carboxylic acids is 3. The van der Waals surface area contributed by atoms with Crippen molar-refractivity contribution in [3.63, 3.8) is 0 Å². The average Bonchev–Trinajstić information content (AvgIpc) is 2.34. The van der Waals surface area contributed by atoms with Gasteiger partial charge in [0.25, 0.3) is 5.91 Å². The summed E-state index contributed by atoms with van der Waals surface area (Å²) in [6.07, 6.45) is -0.775. The van der Waals surface area contributed by atoms with Crippen molar-refractivity contribution in [3.05, 3.63) is 35.9 Å². The van der Waals surface area contributed by atoms with Gasteiger partial charge in [-0.1, -0.05) is 30.3 Å². The van der Waals surface area contributed by atoms with Gasteiger partial charge >= 0.3 is 6.09 Å². The number of rotatable bonds is 5. The Bertz CT molecular complexity index is 417. The molecule has 0 heterocycles. The summed E-state index contributed by atoms with van der Waals surface area (Å²) in [5, 5.41) is 2.12. The third-order valence-corrected chi connectivity index (χ3v) is 1.88. The van der Waals surface area contributed by atoms with Gasteiger partial charge in [0.1, 0.15) is 6.61 Å². The first kappa shape index (κ1) is 12.7. The molecule has 6 nitrogen and oxygen atoms in total. The first-order valence-corrected chi connectivity index (χ1v) is 4.87. The summed E-state index contributed by atoms with van der Waals surface area (Å²) in [4.78, 5) is 32.3. The van der Waals surface area contributed by atoms with Gasteiger partial charge in [-0.15, -0.1) is 0 Å². The van der Waals surface area contributed by atoms with Crippen molar-refractivity contribution in [2.45, 2.75) is 6.61 Å². The van der Waals surface area contributed by atoms with Crippen molar-refractivity contribution in [1.29, 1.82) is 0 Å². The van der Waals surface area contributed by atoms with Crippen LogP contribution in [0.15, 0.2) is 30.3 Å². The fourth-order valence-corrected chi connectivity index (χ4v) is 1.01. The highest BCUT2D eigenvalue weighted by Gasteiger charge is 2.10. The maximum Gasteiger partial charge on any atom is 0.407 e. The second-order valence-corrected chi connectivity index (χ2v) is 3.20. The fraction of sp³-hybridized carbons (Fsp3) is 0.182. The van der Waals surface area contributed by atoms with Crippen molar-refractivity contribution in [3.8, 4) is 0 Å². The minimum absolute atomic E-state index is 0.0947. The van der Waals surface area contributed by atoms with E-state index in [1.165, 1.54) is 0 Å². The van der Waals surface area contributed by atoms with Crippen molar-refractivity contribution >= 4 is 17.8 Å². The molecule has 0 aromatic heterocycles. The van der Waals surface area contributed by atoms with Crippen LogP contribution >= 0.6 is 0 Å². The van der Waals surface area contributed by atoms with E-state index in [1.807, 2.05) is 18.2 Å². The van der Waals surface area contributed by atoms with E-state index in [1.54, 1.807) is 12.1 Å². The Hall–Kier alpha value is -2.37. The molecule has 1 aromatic carbocycles. The minimum atomic E-state index is -1.09. The van der Waals surface area contributed by atoms with E-state index in [4.69, 9.17) is 10.5 Å². The van der Waals surface area contributed by atoms with Gasteiger partial charge in [0.2, 0.25) is 5.78 Å². The lowest BCUT2D eigenvalue weighted by molar-refractivity contribution is -0.135. The highest BCUT2D eigenvalue weighted by molar-refractivity contribution is 6.36.